The van der Waals surface area contributed by atoms with Crippen LogP contribution in [0.2, 0.25) is 17.3 Å². The number of hydrogen-bond donors (Lipinski definition) is 0. The van der Waals surface area contributed by atoms with Crippen molar-refractivity contribution in [2.45, 2.75) is 68.6 Å². The van der Waals surface area contributed by atoms with Crippen LogP contribution in [-0.4, -0.2) is 19.0 Å². The van der Waals surface area contributed by atoms with Crippen LogP contribution in [0, 0.1) is 17.3 Å². The molecular formula is C21H30GeO. The van der Waals surface area contributed by atoms with Crippen molar-refractivity contribution in [1.29, 1.82) is 0 Å². The fraction of sp³-hybridized carbons (Fsp3) is 0.667. The molecule has 124 valence electrons. The van der Waals surface area contributed by atoms with Gasteiger partial charge in [0.2, 0.25) is 0 Å². The summed E-state index contributed by atoms with van der Waals surface area (Å²) in [6, 6.07) is 7.46. The van der Waals surface area contributed by atoms with Crippen LogP contribution >= 0.6 is 0 Å². The predicted octanol–water partition coefficient (Wildman–Crippen LogP) is 4.66. The molecule has 3 aliphatic rings. The number of aryl methyl sites for hydroxylation is 1. The zero-order valence-electron chi connectivity index (χ0n) is 15.1. The molecule has 0 aliphatic heterocycles. The van der Waals surface area contributed by atoms with Gasteiger partial charge in [-0.3, -0.25) is 0 Å². The van der Waals surface area contributed by atoms with E-state index in [1.54, 1.807) is 15.5 Å². The van der Waals surface area contributed by atoms with E-state index in [4.69, 9.17) is 0 Å². The van der Waals surface area contributed by atoms with Crippen LogP contribution < -0.4 is 4.40 Å². The van der Waals surface area contributed by atoms with Gasteiger partial charge in [0.25, 0.3) is 0 Å². The van der Waals surface area contributed by atoms with Gasteiger partial charge in [-0.15, -0.1) is 0 Å². The van der Waals surface area contributed by atoms with E-state index < -0.39 is 13.3 Å². The number of ketones is 1. The van der Waals surface area contributed by atoms with Crippen molar-refractivity contribution in [3.05, 3.63) is 29.3 Å². The molecule has 1 aromatic rings. The average molecular weight is 371 g/mol. The number of Topliss-reactive ketones (excluding diaryl/α,β-unsaturated/α-hetero) is 1. The topological polar surface area (TPSA) is 17.1 Å². The first-order valence-corrected chi connectivity index (χ1v) is 16.8. The van der Waals surface area contributed by atoms with Crippen molar-refractivity contribution in [1.82, 2.24) is 0 Å². The molecule has 0 spiro atoms. The number of hydrogen-bond acceptors (Lipinski definition) is 1. The zero-order valence-corrected chi connectivity index (χ0v) is 17.2. The van der Waals surface area contributed by atoms with Gasteiger partial charge in [0, 0.05) is 0 Å². The molecule has 0 N–H and O–H groups in total. The molecule has 2 fully saturated rings. The van der Waals surface area contributed by atoms with Gasteiger partial charge in [-0.2, -0.15) is 0 Å². The Balaban J connectivity index is 1.69. The summed E-state index contributed by atoms with van der Waals surface area (Å²) < 4.78 is 1.65. The first-order chi connectivity index (χ1) is 10.8. The molecular weight excluding hydrogens is 341 g/mol. The number of benzene rings is 1. The van der Waals surface area contributed by atoms with Gasteiger partial charge in [0.15, 0.2) is 0 Å². The molecule has 0 amide bonds. The fourth-order valence-corrected chi connectivity index (χ4v) is 8.32. The molecule has 4 rings (SSSR count). The molecule has 0 aromatic heterocycles. The van der Waals surface area contributed by atoms with Crippen molar-refractivity contribution in [3.8, 4) is 0 Å². The van der Waals surface area contributed by atoms with Gasteiger partial charge in [-0.1, -0.05) is 0 Å². The Hall–Kier alpha value is -0.567. The minimum atomic E-state index is -1.73. The maximum atomic E-state index is 12.4. The first kappa shape index (κ1) is 15.9. The van der Waals surface area contributed by atoms with Crippen molar-refractivity contribution < 1.29 is 4.79 Å². The standard InChI is InChI=1S/C21H30GeO/c1-21-12-11-17-16-8-6-15(22(2,3)4)13-14(16)5-7-18(17)19(21)9-10-20(21)23/h6,8,13,17-19H,5,7,9-12H2,1-4H3/t17-,18-,19?,21+/m1/s1. The van der Waals surface area contributed by atoms with Crippen LogP contribution in [0.15, 0.2) is 18.2 Å². The Bertz CT molecular complexity index is 656. The predicted molar refractivity (Wildman–Crippen MR) is 99.0 cm³/mol. The molecule has 2 saturated carbocycles. The van der Waals surface area contributed by atoms with Crippen LogP contribution in [-0.2, 0) is 11.2 Å². The third-order valence-corrected chi connectivity index (χ3v) is 11.6. The first-order valence-electron chi connectivity index (χ1n) is 9.47. The van der Waals surface area contributed by atoms with Gasteiger partial charge in [-0.05, 0) is 0 Å². The van der Waals surface area contributed by atoms with Crippen LogP contribution in [0.1, 0.15) is 56.1 Å². The minimum absolute atomic E-state index is 0.0132. The summed E-state index contributed by atoms with van der Waals surface area (Å²) in [5.74, 6) is 10.2. The van der Waals surface area contributed by atoms with E-state index in [-0.39, 0.29) is 5.41 Å². The Kier molecular flexibility index (Phi) is 3.61. The van der Waals surface area contributed by atoms with Crippen LogP contribution in [0.25, 0.3) is 0 Å². The number of carbonyl (C=O) groups excluding carboxylic acids is 1. The average Bonchev–Trinajstić information content (AvgIpc) is 2.81. The molecule has 0 radical (unpaired) electrons. The third-order valence-electron chi connectivity index (χ3n) is 7.30. The number of carbonyl (C=O) groups is 1. The molecule has 1 unspecified atom stereocenters. The molecule has 0 bridgehead atoms. The summed E-state index contributed by atoms with van der Waals surface area (Å²) in [4.78, 5) is 12.4. The summed E-state index contributed by atoms with van der Waals surface area (Å²) in [5.41, 5.74) is 3.29. The molecule has 23 heavy (non-hydrogen) atoms. The second-order valence-electron chi connectivity index (χ2n) is 9.50. The van der Waals surface area contributed by atoms with Crippen molar-refractivity contribution >= 4 is 23.4 Å². The monoisotopic (exact) mass is 372 g/mol. The second kappa shape index (κ2) is 5.21. The molecule has 1 nitrogen and oxygen atoms in total. The van der Waals surface area contributed by atoms with E-state index in [9.17, 15) is 4.79 Å². The summed E-state index contributed by atoms with van der Waals surface area (Å²) >= 11 is -1.73. The summed E-state index contributed by atoms with van der Waals surface area (Å²) in [5, 5.41) is 0. The summed E-state index contributed by atoms with van der Waals surface area (Å²) in [6.45, 7) is 2.27. The number of rotatable bonds is 1. The van der Waals surface area contributed by atoms with Gasteiger partial charge in [0.05, 0.1) is 0 Å². The molecule has 1 aromatic carbocycles. The van der Waals surface area contributed by atoms with Crippen molar-refractivity contribution in [3.63, 3.8) is 0 Å². The second-order valence-corrected chi connectivity index (χ2v) is 20.1. The van der Waals surface area contributed by atoms with Gasteiger partial charge < -0.3 is 0 Å². The summed E-state index contributed by atoms with van der Waals surface area (Å²) in [6.07, 6.45) is 6.90. The zero-order chi connectivity index (χ0) is 16.4. The van der Waals surface area contributed by atoms with E-state index in [0.29, 0.717) is 11.7 Å². The SMILES string of the molecule is C[C@]12CC[C@@H]3c4cc[c]([Ge]([CH3])([CH3])[CH3])cc4CC[C@H]3C1CCC2=O. The van der Waals surface area contributed by atoms with Gasteiger partial charge in [0.1, 0.15) is 0 Å². The van der Waals surface area contributed by atoms with Gasteiger partial charge >= 0.3 is 143 Å². The van der Waals surface area contributed by atoms with Crippen molar-refractivity contribution in [2.75, 3.05) is 0 Å². The van der Waals surface area contributed by atoms with E-state index >= 15 is 0 Å². The Morgan fingerprint density at radius 2 is 1.87 bits per heavy atom. The van der Waals surface area contributed by atoms with E-state index in [2.05, 4.69) is 42.4 Å². The normalized spacial score (nSPS) is 36.3. The van der Waals surface area contributed by atoms with E-state index in [1.165, 1.54) is 19.3 Å². The Morgan fingerprint density at radius 3 is 2.61 bits per heavy atom. The van der Waals surface area contributed by atoms with Crippen molar-refractivity contribution in [2.24, 2.45) is 17.3 Å². The van der Waals surface area contributed by atoms with Crippen LogP contribution in [0.5, 0.6) is 0 Å². The molecule has 4 atom stereocenters. The van der Waals surface area contributed by atoms with Crippen LogP contribution in [0.4, 0.5) is 0 Å². The summed E-state index contributed by atoms with van der Waals surface area (Å²) in [7, 11) is 0. The van der Waals surface area contributed by atoms with Crippen LogP contribution in [0.3, 0.4) is 0 Å². The quantitative estimate of drug-likeness (QED) is 0.657. The van der Waals surface area contributed by atoms with E-state index in [0.717, 1.165) is 31.1 Å². The Labute approximate surface area is 143 Å². The molecule has 0 heterocycles. The van der Waals surface area contributed by atoms with Gasteiger partial charge in [-0.25, -0.2) is 0 Å². The van der Waals surface area contributed by atoms with E-state index in [1.807, 2.05) is 0 Å². The fourth-order valence-electron chi connectivity index (χ4n) is 5.82. The number of fused-ring (bicyclic) bond motifs is 5. The molecule has 2 heteroatoms. The molecule has 3 aliphatic carbocycles. The molecule has 0 saturated heterocycles. The Morgan fingerprint density at radius 1 is 1.09 bits per heavy atom. The third kappa shape index (κ3) is 2.37. The maximum absolute atomic E-state index is 12.4.